The second-order valence-electron chi connectivity index (χ2n) is 5.98. The zero-order valence-electron chi connectivity index (χ0n) is 14.1. The maximum Gasteiger partial charge on any atom is 0.0989 e. The average Bonchev–Trinajstić information content (AvgIpc) is 2.70. The van der Waals surface area contributed by atoms with E-state index in [0.29, 0.717) is 0 Å². The standard InChI is InChI=1S/C23H17BrN2/c24-22-13-7-6-12-21(22)23(18-9-2-1-3-10-18)26-25-20-15-14-17-8-4-5-11-19(17)16-20/h1-16,25H. The smallest absolute Gasteiger partial charge is 0.0989 e. The van der Waals surface area contributed by atoms with Gasteiger partial charge in [-0.3, -0.25) is 5.43 Å². The summed E-state index contributed by atoms with van der Waals surface area (Å²) in [4.78, 5) is 0. The van der Waals surface area contributed by atoms with Crippen molar-refractivity contribution in [2.45, 2.75) is 0 Å². The van der Waals surface area contributed by atoms with E-state index in [4.69, 9.17) is 5.10 Å². The SMILES string of the molecule is Brc1ccccc1C(=NNc1ccc2ccccc2c1)c1ccccc1. The quantitative estimate of drug-likeness (QED) is 0.308. The van der Waals surface area contributed by atoms with Crippen LogP contribution in [0.2, 0.25) is 0 Å². The van der Waals surface area contributed by atoms with Gasteiger partial charge in [0, 0.05) is 15.6 Å². The van der Waals surface area contributed by atoms with Crippen LogP contribution < -0.4 is 5.43 Å². The first kappa shape index (κ1) is 16.6. The van der Waals surface area contributed by atoms with Gasteiger partial charge in [0.05, 0.1) is 11.4 Å². The van der Waals surface area contributed by atoms with Crippen LogP contribution in [-0.4, -0.2) is 5.71 Å². The molecule has 0 amide bonds. The van der Waals surface area contributed by atoms with Crippen molar-refractivity contribution < 1.29 is 0 Å². The number of benzene rings is 4. The van der Waals surface area contributed by atoms with E-state index >= 15 is 0 Å². The molecule has 1 N–H and O–H groups in total. The molecule has 0 atom stereocenters. The van der Waals surface area contributed by atoms with Gasteiger partial charge in [-0.15, -0.1) is 0 Å². The van der Waals surface area contributed by atoms with Crippen LogP contribution in [0.25, 0.3) is 10.8 Å². The molecule has 0 aliphatic heterocycles. The van der Waals surface area contributed by atoms with Crippen LogP contribution in [0, 0.1) is 0 Å². The molecule has 0 spiro atoms. The number of halogens is 1. The van der Waals surface area contributed by atoms with Crippen LogP contribution in [0.15, 0.2) is 107 Å². The van der Waals surface area contributed by atoms with Crippen molar-refractivity contribution in [3.63, 3.8) is 0 Å². The first-order chi connectivity index (χ1) is 12.8. The molecule has 26 heavy (non-hydrogen) atoms. The molecule has 2 nitrogen and oxygen atoms in total. The normalized spacial score (nSPS) is 11.5. The Morgan fingerprint density at radius 1 is 0.692 bits per heavy atom. The average molecular weight is 401 g/mol. The minimum Gasteiger partial charge on any atom is -0.278 e. The highest BCUT2D eigenvalue weighted by atomic mass is 79.9. The Morgan fingerprint density at radius 3 is 2.19 bits per heavy atom. The molecule has 4 aromatic carbocycles. The summed E-state index contributed by atoms with van der Waals surface area (Å²) in [5, 5.41) is 7.15. The van der Waals surface area contributed by atoms with Crippen molar-refractivity contribution in [3.05, 3.63) is 113 Å². The van der Waals surface area contributed by atoms with E-state index in [9.17, 15) is 0 Å². The minimum atomic E-state index is 0.895. The van der Waals surface area contributed by atoms with Crippen LogP contribution in [0.5, 0.6) is 0 Å². The number of hydrogen-bond donors (Lipinski definition) is 1. The van der Waals surface area contributed by atoms with E-state index in [1.165, 1.54) is 10.8 Å². The summed E-state index contributed by atoms with van der Waals surface area (Å²) in [5.41, 5.74) is 7.20. The van der Waals surface area contributed by atoms with Gasteiger partial charge in [-0.05, 0) is 29.0 Å². The van der Waals surface area contributed by atoms with Crippen molar-refractivity contribution in [2.24, 2.45) is 5.10 Å². The molecule has 0 aliphatic rings. The van der Waals surface area contributed by atoms with Crippen LogP contribution in [0.3, 0.4) is 0 Å². The van der Waals surface area contributed by atoms with E-state index < -0.39 is 0 Å². The molecular weight excluding hydrogens is 384 g/mol. The molecule has 0 bridgehead atoms. The van der Waals surface area contributed by atoms with Crippen molar-refractivity contribution in [1.82, 2.24) is 0 Å². The molecule has 0 saturated carbocycles. The van der Waals surface area contributed by atoms with Gasteiger partial charge in [-0.2, -0.15) is 5.10 Å². The first-order valence-electron chi connectivity index (χ1n) is 8.44. The summed E-state index contributed by atoms with van der Waals surface area (Å²) in [5.74, 6) is 0. The predicted octanol–water partition coefficient (Wildman–Crippen LogP) is 6.47. The second kappa shape index (κ2) is 7.54. The van der Waals surface area contributed by atoms with Crippen LogP contribution >= 0.6 is 15.9 Å². The summed E-state index contributed by atoms with van der Waals surface area (Å²) in [6.07, 6.45) is 0. The molecule has 126 valence electrons. The van der Waals surface area contributed by atoms with E-state index in [0.717, 1.165) is 27.0 Å². The molecule has 0 saturated heterocycles. The minimum absolute atomic E-state index is 0.895. The summed E-state index contributed by atoms with van der Waals surface area (Å²) >= 11 is 3.64. The van der Waals surface area contributed by atoms with Crippen LogP contribution in [-0.2, 0) is 0 Å². The summed E-state index contributed by atoms with van der Waals surface area (Å²) in [7, 11) is 0. The lowest BCUT2D eigenvalue weighted by atomic mass is 10.0. The van der Waals surface area contributed by atoms with Gasteiger partial charge in [-0.25, -0.2) is 0 Å². The van der Waals surface area contributed by atoms with Gasteiger partial charge in [-0.1, -0.05) is 94.8 Å². The zero-order valence-corrected chi connectivity index (χ0v) is 15.6. The number of nitrogens with zero attached hydrogens (tertiary/aromatic N) is 1. The Balaban J connectivity index is 1.74. The predicted molar refractivity (Wildman–Crippen MR) is 114 cm³/mol. The van der Waals surface area contributed by atoms with Crippen molar-refractivity contribution in [2.75, 3.05) is 5.43 Å². The fourth-order valence-electron chi connectivity index (χ4n) is 2.91. The summed E-state index contributed by atoms with van der Waals surface area (Å²) in [6, 6.07) is 32.9. The Kier molecular flexibility index (Phi) is 4.80. The van der Waals surface area contributed by atoms with Crippen molar-refractivity contribution >= 4 is 38.1 Å². The van der Waals surface area contributed by atoms with Crippen molar-refractivity contribution in [3.8, 4) is 0 Å². The lowest BCUT2D eigenvalue weighted by Crippen LogP contribution is -2.07. The van der Waals surface area contributed by atoms with Gasteiger partial charge in [0.25, 0.3) is 0 Å². The maximum absolute atomic E-state index is 4.74. The molecule has 0 heterocycles. The first-order valence-corrected chi connectivity index (χ1v) is 9.23. The molecule has 0 aromatic heterocycles. The highest BCUT2D eigenvalue weighted by molar-refractivity contribution is 9.10. The monoisotopic (exact) mass is 400 g/mol. The highest BCUT2D eigenvalue weighted by Crippen LogP contribution is 2.22. The lowest BCUT2D eigenvalue weighted by Gasteiger charge is -2.10. The number of anilines is 1. The van der Waals surface area contributed by atoms with Gasteiger partial charge < -0.3 is 0 Å². The molecule has 4 rings (SSSR count). The van der Waals surface area contributed by atoms with Gasteiger partial charge in [0.15, 0.2) is 0 Å². The number of nitrogens with one attached hydrogen (secondary N) is 1. The largest absolute Gasteiger partial charge is 0.278 e. The molecule has 0 aliphatic carbocycles. The Labute approximate surface area is 161 Å². The Bertz CT molecular complexity index is 1070. The fraction of sp³-hybridized carbons (Fsp3) is 0. The zero-order chi connectivity index (χ0) is 17.8. The summed E-state index contributed by atoms with van der Waals surface area (Å²) < 4.78 is 1.02. The molecule has 0 radical (unpaired) electrons. The second-order valence-corrected chi connectivity index (χ2v) is 6.83. The summed E-state index contributed by atoms with van der Waals surface area (Å²) in [6.45, 7) is 0. The van der Waals surface area contributed by atoms with Gasteiger partial charge in [0.2, 0.25) is 0 Å². The Hall–Kier alpha value is -2.91. The van der Waals surface area contributed by atoms with Gasteiger partial charge in [0.1, 0.15) is 0 Å². The van der Waals surface area contributed by atoms with Crippen LogP contribution in [0.1, 0.15) is 11.1 Å². The van der Waals surface area contributed by atoms with Gasteiger partial charge >= 0.3 is 0 Å². The van der Waals surface area contributed by atoms with E-state index in [1.807, 2.05) is 48.5 Å². The third-order valence-corrected chi connectivity index (χ3v) is 4.91. The number of fused-ring (bicyclic) bond motifs is 1. The van der Waals surface area contributed by atoms with Crippen LogP contribution in [0.4, 0.5) is 5.69 Å². The molecule has 0 fully saturated rings. The maximum atomic E-state index is 4.74. The highest BCUT2D eigenvalue weighted by Gasteiger charge is 2.10. The number of hydrazone groups is 1. The number of hydrogen-bond acceptors (Lipinski definition) is 2. The molecule has 0 unspecified atom stereocenters. The third-order valence-electron chi connectivity index (χ3n) is 4.22. The topological polar surface area (TPSA) is 24.4 Å². The lowest BCUT2D eigenvalue weighted by molar-refractivity contribution is 1.33. The molecule has 4 aromatic rings. The molecule has 3 heteroatoms. The van der Waals surface area contributed by atoms with E-state index in [1.54, 1.807) is 0 Å². The van der Waals surface area contributed by atoms with E-state index in [-0.39, 0.29) is 0 Å². The number of rotatable bonds is 4. The third kappa shape index (κ3) is 3.53. The molecular formula is C23H17BrN2. The fourth-order valence-corrected chi connectivity index (χ4v) is 3.38. The van der Waals surface area contributed by atoms with E-state index in [2.05, 4.69) is 69.9 Å². The Morgan fingerprint density at radius 2 is 1.38 bits per heavy atom. The van der Waals surface area contributed by atoms with Crippen molar-refractivity contribution in [1.29, 1.82) is 0 Å².